The monoisotopic (exact) mass is 420 g/mol. The molecule has 4 nitrogen and oxygen atoms in total. The molecule has 0 spiro atoms. The van der Waals surface area contributed by atoms with Gasteiger partial charge in [-0.15, -0.1) is 0 Å². The second-order valence-electron chi connectivity index (χ2n) is 7.20. The summed E-state index contributed by atoms with van der Waals surface area (Å²) in [7, 11) is 0. The number of hydrogen-bond acceptors (Lipinski definition) is 5. The Bertz CT molecular complexity index is 1100. The highest BCUT2D eigenvalue weighted by Gasteiger charge is 2.25. The lowest BCUT2D eigenvalue weighted by molar-refractivity contribution is 0.391. The van der Waals surface area contributed by atoms with E-state index in [9.17, 15) is 0 Å². The quantitative estimate of drug-likeness (QED) is 0.573. The molecule has 2 aliphatic rings. The fourth-order valence-corrected chi connectivity index (χ4v) is 5.01. The van der Waals surface area contributed by atoms with E-state index < -0.39 is 0 Å². The van der Waals surface area contributed by atoms with Crippen LogP contribution in [-0.4, -0.2) is 47.8 Å². The van der Waals surface area contributed by atoms with E-state index >= 15 is 0 Å². The van der Waals surface area contributed by atoms with Crippen LogP contribution in [0.5, 0.6) is 0 Å². The van der Waals surface area contributed by atoms with Crippen molar-refractivity contribution in [3.05, 3.63) is 76.3 Å². The Kier molecular flexibility index (Phi) is 5.17. The van der Waals surface area contributed by atoms with Crippen molar-refractivity contribution in [1.82, 2.24) is 9.88 Å². The van der Waals surface area contributed by atoms with E-state index in [1.54, 1.807) is 18.0 Å². The van der Waals surface area contributed by atoms with Gasteiger partial charge >= 0.3 is 0 Å². The van der Waals surface area contributed by atoms with Crippen molar-refractivity contribution < 1.29 is 0 Å². The number of hydrogen-bond donors (Lipinski definition) is 0. The molecule has 3 aromatic rings. The van der Waals surface area contributed by atoms with Crippen molar-refractivity contribution in [2.24, 2.45) is 4.99 Å². The largest absolute Gasteiger partial charge is 0.352 e. The average Bonchev–Trinajstić information content (AvgIpc) is 3.23. The number of halogens is 1. The molecule has 0 unspecified atom stereocenters. The molecule has 29 heavy (non-hydrogen) atoms. The summed E-state index contributed by atoms with van der Waals surface area (Å²) in [6.07, 6.45) is 4.06. The van der Waals surface area contributed by atoms with Crippen molar-refractivity contribution in [1.29, 1.82) is 0 Å². The van der Waals surface area contributed by atoms with Gasteiger partial charge < -0.3 is 9.80 Å². The molecule has 1 aromatic heterocycles. The number of nitrogens with zero attached hydrogens (tertiary/aromatic N) is 4. The topological polar surface area (TPSA) is 31.7 Å². The lowest BCUT2D eigenvalue weighted by atomic mass is 10.1. The van der Waals surface area contributed by atoms with Crippen LogP contribution in [0.1, 0.15) is 5.56 Å². The Morgan fingerprint density at radius 3 is 2.52 bits per heavy atom. The molecule has 2 aliphatic heterocycles. The minimum Gasteiger partial charge on any atom is -0.352 e. The first kappa shape index (κ1) is 18.5. The Morgan fingerprint density at radius 1 is 0.897 bits per heavy atom. The van der Waals surface area contributed by atoms with Crippen molar-refractivity contribution >= 4 is 51.2 Å². The Morgan fingerprint density at radius 2 is 1.69 bits per heavy atom. The molecule has 1 saturated heterocycles. The van der Waals surface area contributed by atoms with Crippen molar-refractivity contribution in [2.45, 2.75) is 0 Å². The van der Waals surface area contributed by atoms with Gasteiger partial charge in [0.05, 0.1) is 11.6 Å². The Hall–Kier alpha value is -2.50. The van der Waals surface area contributed by atoms with Gasteiger partial charge in [-0.2, -0.15) is 0 Å². The maximum absolute atomic E-state index is 6.30. The maximum atomic E-state index is 6.30. The van der Waals surface area contributed by atoms with Crippen LogP contribution in [0.4, 0.5) is 5.82 Å². The molecule has 3 heterocycles. The number of amidine groups is 1. The van der Waals surface area contributed by atoms with Crippen LogP contribution in [0.3, 0.4) is 0 Å². The molecular weight excluding hydrogens is 400 g/mol. The summed E-state index contributed by atoms with van der Waals surface area (Å²) in [5.41, 5.74) is 1.23. The third-order valence-electron chi connectivity index (χ3n) is 5.28. The summed E-state index contributed by atoms with van der Waals surface area (Å²) in [6.45, 7) is 4.43. The highest BCUT2D eigenvalue weighted by Crippen LogP contribution is 2.31. The summed E-state index contributed by atoms with van der Waals surface area (Å²) in [5.74, 6) is 0.881. The van der Waals surface area contributed by atoms with E-state index in [1.807, 2.05) is 12.1 Å². The molecule has 146 valence electrons. The lowest BCUT2D eigenvalue weighted by Crippen LogP contribution is -2.48. The van der Waals surface area contributed by atoms with E-state index in [4.69, 9.17) is 16.6 Å². The van der Waals surface area contributed by atoms with E-state index in [0.717, 1.165) is 43.7 Å². The van der Waals surface area contributed by atoms with Gasteiger partial charge in [0.25, 0.3) is 0 Å². The normalized spacial score (nSPS) is 18.5. The number of fused-ring (bicyclic) bond motifs is 1. The van der Waals surface area contributed by atoms with Gasteiger partial charge in [-0.05, 0) is 40.6 Å². The van der Waals surface area contributed by atoms with E-state index in [2.05, 4.69) is 63.3 Å². The third-order valence-corrected chi connectivity index (χ3v) is 6.66. The zero-order valence-electron chi connectivity index (χ0n) is 16.0. The van der Waals surface area contributed by atoms with Crippen LogP contribution in [-0.2, 0) is 0 Å². The number of pyridine rings is 1. The third kappa shape index (κ3) is 3.98. The van der Waals surface area contributed by atoms with Crippen LogP contribution in [0.15, 0.2) is 70.7 Å². The van der Waals surface area contributed by atoms with Gasteiger partial charge in [0.15, 0.2) is 5.17 Å². The number of anilines is 1. The first-order valence-corrected chi connectivity index (χ1v) is 11.0. The summed E-state index contributed by atoms with van der Waals surface area (Å²) in [4.78, 5) is 15.2. The summed E-state index contributed by atoms with van der Waals surface area (Å²) in [5, 5.41) is 4.39. The molecule has 2 aromatic carbocycles. The van der Waals surface area contributed by atoms with E-state index in [-0.39, 0.29) is 0 Å². The highest BCUT2D eigenvalue weighted by atomic mass is 35.5. The number of benzene rings is 2. The molecule has 0 bridgehead atoms. The molecule has 0 atom stereocenters. The van der Waals surface area contributed by atoms with Gasteiger partial charge in [-0.3, -0.25) is 4.99 Å². The molecule has 0 radical (unpaired) electrons. The van der Waals surface area contributed by atoms with Gasteiger partial charge in [-0.1, -0.05) is 59.8 Å². The van der Waals surface area contributed by atoms with E-state index in [1.165, 1.54) is 21.2 Å². The van der Waals surface area contributed by atoms with Crippen LogP contribution in [0.2, 0.25) is 5.02 Å². The first-order chi connectivity index (χ1) is 14.3. The van der Waals surface area contributed by atoms with Crippen molar-refractivity contribution in [3.8, 4) is 0 Å². The Balaban J connectivity index is 1.23. The molecule has 0 N–H and O–H groups in total. The fraction of sp³-hybridized carbons (Fsp3) is 0.217. The smallest absolute Gasteiger partial charge is 0.164 e. The van der Waals surface area contributed by atoms with Crippen LogP contribution in [0, 0.1) is 0 Å². The predicted molar refractivity (Wildman–Crippen MR) is 125 cm³/mol. The van der Waals surface area contributed by atoms with Gasteiger partial charge in [0.1, 0.15) is 5.82 Å². The van der Waals surface area contributed by atoms with Crippen LogP contribution < -0.4 is 4.90 Å². The number of aliphatic imine (C=N–C) groups is 1. The summed E-state index contributed by atoms with van der Waals surface area (Å²) in [6, 6.07) is 18.9. The Labute approximate surface area is 179 Å². The number of piperazine rings is 1. The molecule has 0 aliphatic carbocycles. The molecule has 0 saturated carbocycles. The second-order valence-corrected chi connectivity index (χ2v) is 8.70. The molecular formula is C23H21ClN4S. The van der Waals surface area contributed by atoms with Gasteiger partial charge in [0.2, 0.25) is 0 Å². The summed E-state index contributed by atoms with van der Waals surface area (Å²) >= 11 is 8.09. The predicted octanol–water partition coefficient (Wildman–Crippen LogP) is 5.15. The molecule has 6 heteroatoms. The minimum absolute atomic E-state index is 0.717. The fourth-order valence-electron chi connectivity index (χ4n) is 3.77. The minimum atomic E-state index is 0.717. The second kappa shape index (κ2) is 8.09. The highest BCUT2D eigenvalue weighted by molar-refractivity contribution is 8.17. The lowest BCUT2D eigenvalue weighted by Gasteiger charge is -2.36. The number of rotatable bonds is 2. The van der Waals surface area contributed by atoms with Gasteiger partial charge in [-0.25, -0.2) is 4.98 Å². The SMILES string of the molecule is Clc1cccnc1N1CCN(C2=NCC(=Cc3ccc4ccccc4c3)S2)CC1. The maximum Gasteiger partial charge on any atom is 0.164 e. The molecule has 1 fully saturated rings. The molecule has 5 rings (SSSR count). The number of thioether (sulfide) groups is 1. The summed E-state index contributed by atoms with van der Waals surface area (Å²) < 4.78 is 0. The van der Waals surface area contributed by atoms with Crippen molar-refractivity contribution in [3.63, 3.8) is 0 Å². The first-order valence-electron chi connectivity index (χ1n) is 9.78. The van der Waals surface area contributed by atoms with E-state index in [0.29, 0.717) is 5.02 Å². The number of aromatic nitrogens is 1. The zero-order chi connectivity index (χ0) is 19.6. The van der Waals surface area contributed by atoms with Crippen LogP contribution >= 0.6 is 23.4 Å². The van der Waals surface area contributed by atoms with Crippen molar-refractivity contribution in [2.75, 3.05) is 37.6 Å². The van der Waals surface area contributed by atoms with Gasteiger partial charge in [0, 0.05) is 37.3 Å². The average molecular weight is 421 g/mol. The van der Waals surface area contributed by atoms with Crippen LogP contribution in [0.25, 0.3) is 16.8 Å². The molecule has 0 amide bonds. The standard InChI is InChI=1S/C23H21ClN4S/c24-21-6-3-9-25-22(21)27-10-12-28(13-11-27)23-26-16-20(29-23)15-17-7-8-18-4-1-2-5-19(18)14-17/h1-9,14-15H,10-13,16H2. The zero-order valence-corrected chi connectivity index (χ0v) is 17.5.